The number of benzene rings is 2. The number of nitrogens with one attached hydrogen (secondary N) is 2. The fraction of sp³-hybridized carbons (Fsp3) is 0.0909. The van der Waals surface area contributed by atoms with Gasteiger partial charge in [-0.1, -0.05) is 48.5 Å². The maximum atomic E-state index is 12.8. The summed E-state index contributed by atoms with van der Waals surface area (Å²) in [5, 5.41) is 9.19. The van der Waals surface area contributed by atoms with E-state index in [-0.39, 0.29) is 11.2 Å². The number of anilines is 1. The lowest BCUT2D eigenvalue weighted by Gasteiger charge is -2.15. The molecule has 1 aliphatic rings. The van der Waals surface area contributed by atoms with E-state index in [1.54, 1.807) is 18.0 Å². The summed E-state index contributed by atoms with van der Waals surface area (Å²) in [5.74, 6) is 0.0228. The predicted molar refractivity (Wildman–Crippen MR) is 111 cm³/mol. The van der Waals surface area contributed by atoms with Gasteiger partial charge in [-0.25, -0.2) is 0 Å². The van der Waals surface area contributed by atoms with Crippen molar-refractivity contribution in [3.63, 3.8) is 0 Å². The highest BCUT2D eigenvalue weighted by molar-refractivity contribution is 8.02. The number of rotatable bonds is 6. The Morgan fingerprint density at radius 3 is 2.67 bits per heavy atom. The van der Waals surface area contributed by atoms with Crippen molar-refractivity contribution >= 4 is 23.2 Å². The third-order valence-electron chi connectivity index (χ3n) is 4.33. The van der Waals surface area contributed by atoms with Crippen molar-refractivity contribution in [3.8, 4) is 0 Å². The Kier molecular flexibility index (Phi) is 5.21. The lowest BCUT2D eigenvalue weighted by atomic mass is 10.0. The van der Waals surface area contributed by atoms with E-state index in [9.17, 15) is 4.79 Å². The summed E-state index contributed by atoms with van der Waals surface area (Å²) in [4.78, 5) is 17.0. The average molecular weight is 373 g/mol. The number of aromatic nitrogens is 1. The van der Waals surface area contributed by atoms with Gasteiger partial charge in [-0.15, -0.1) is 11.8 Å². The normalized spacial score (nSPS) is 15.7. The fourth-order valence-corrected chi connectivity index (χ4v) is 3.91. The van der Waals surface area contributed by atoms with Crippen molar-refractivity contribution < 1.29 is 4.79 Å². The molecule has 1 atom stereocenters. The van der Waals surface area contributed by atoms with Crippen LogP contribution in [-0.2, 0) is 0 Å². The quantitative estimate of drug-likeness (QED) is 0.619. The molecule has 1 unspecified atom stereocenters. The first-order chi connectivity index (χ1) is 13.3. The van der Waals surface area contributed by atoms with Crippen LogP contribution in [0.1, 0.15) is 26.9 Å². The van der Waals surface area contributed by atoms with Gasteiger partial charge in [-0.3, -0.25) is 9.78 Å². The van der Waals surface area contributed by atoms with Gasteiger partial charge in [-0.2, -0.15) is 0 Å². The van der Waals surface area contributed by atoms with Gasteiger partial charge in [0.25, 0.3) is 0 Å². The predicted octanol–water partition coefficient (Wildman–Crippen LogP) is 4.60. The maximum absolute atomic E-state index is 12.8. The summed E-state index contributed by atoms with van der Waals surface area (Å²) in [6.07, 6.45) is 3.66. The molecule has 0 saturated carbocycles. The number of carbonyl (C=O) groups is 1. The first kappa shape index (κ1) is 17.4. The van der Waals surface area contributed by atoms with Gasteiger partial charge in [0.05, 0.1) is 6.54 Å². The van der Waals surface area contributed by atoms with E-state index in [1.165, 1.54) is 0 Å². The summed E-state index contributed by atoms with van der Waals surface area (Å²) in [5.41, 5.74) is 4.45. The van der Waals surface area contributed by atoms with Gasteiger partial charge in [-0.05, 0) is 23.6 Å². The summed E-state index contributed by atoms with van der Waals surface area (Å²) >= 11 is 1.73. The highest BCUT2D eigenvalue weighted by atomic mass is 32.2. The zero-order valence-corrected chi connectivity index (χ0v) is 15.4. The SMILES string of the molecule is O=C(c1ccccc1)c1ccccc1NCC1=CSC(c2cccnc2)N1. The molecule has 3 aromatic rings. The molecule has 2 aromatic carbocycles. The molecule has 0 radical (unpaired) electrons. The van der Waals surface area contributed by atoms with Crippen LogP contribution in [-0.4, -0.2) is 17.3 Å². The molecule has 1 aliphatic heterocycles. The number of nitrogens with zero attached hydrogens (tertiary/aromatic N) is 1. The van der Waals surface area contributed by atoms with E-state index in [1.807, 2.05) is 66.9 Å². The Labute approximate surface area is 162 Å². The van der Waals surface area contributed by atoms with Crippen LogP contribution in [0.25, 0.3) is 0 Å². The largest absolute Gasteiger partial charge is 0.379 e. The lowest BCUT2D eigenvalue weighted by Crippen LogP contribution is -2.19. The molecule has 2 N–H and O–H groups in total. The average Bonchev–Trinajstić information content (AvgIpc) is 3.22. The van der Waals surface area contributed by atoms with Crippen LogP contribution in [0, 0.1) is 0 Å². The fourth-order valence-electron chi connectivity index (χ4n) is 2.94. The monoisotopic (exact) mass is 373 g/mol. The Hall–Kier alpha value is -3.05. The van der Waals surface area contributed by atoms with E-state index in [0.717, 1.165) is 16.9 Å². The molecule has 0 bridgehead atoms. The Morgan fingerprint density at radius 2 is 1.85 bits per heavy atom. The van der Waals surface area contributed by atoms with Gasteiger partial charge < -0.3 is 10.6 Å². The second-order valence-corrected chi connectivity index (χ2v) is 7.16. The van der Waals surface area contributed by atoms with Gasteiger partial charge in [0.1, 0.15) is 5.37 Å². The topological polar surface area (TPSA) is 54.0 Å². The molecule has 5 heteroatoms. The zero-order valence-electron chi connectivity index (χ0n) is 14.6. The van der Waals surface area contributed by atoms with Crippen molar-refractivity contribution in [1.29, 1.82) is 0 Å². The third-order valence-corrected chi connectivity index (χ3v) is 5.41. The molecule has 134 valence electrons. The molecule has 1 aromatic heterocycles. The van der Waals surface area contributed by atoms with Gasteiger partial charge >= 0.3 is 0 Å². The molecule has 4 rings (SSSR count). The molecule has 4 nitrogen and oxygen atoms in total. The van der Waals surface area contributed by atoms with Gasteiger partial charge in [0.15, 0.2) is 5.78 Å². The molecule has 0 fully saturated rings. The van der Waals surface area contributed by atoms with Crippen molar-refractivity contribution in [2.24, 2.45) is 0 Å². The van der Waals surface area contributed by atoms with Crippen LogP contribution in [0.4, 0.5) is 5.69 Å². The van der Waals surface area contributed by atoms with E-state index < -0.39 is 0 Å². The van der Waals surface area contributed by atoms with Gasteiger partial charge in [0, 0.05) is 40.5 Å². The molecular weight excluding hydrogens is 354 g/mol. The molecular formula is C22H19N3OS. The van der Waals surface area contributed by atoms with Gasteiger partial charge in [0.2, 0.25) is 0 Å². The highest BCUT2D eigenvalue weighted by Crippen LogP contribution is 2.33. The third kappa shape index (κ3) is 4.04. The summed E-state index contributed by atoms with van der Waals surface area (Å²) in [6, 6.07) is 21.0. The standard InChI is InChI=1S/C22H19N3OS/c26-21(16-7-2-1-3-8-16)19-10-4-5-11-20(19)24-14-18-15-27-22(25-18)17-9-6-12-23-13-17/h1-13,15,22,24-25H,14H2. The Balaban J connectivity index is 1.43. The zero-order chi connectivity index (χ0) is 18.5. The van der Waals surface area contributed by atoms with Crippen molar-refractivity contribution in [2.75, 3.05) is 11.9 Å². The number of carbonyl (C=O) groups excluding carboxylic acids is 1. The number of thioether (sulfide) groups is 1. The maximum Gasteiger partial charge on any atom is 0.195 e. The molecule has 0 amide bonds. The first-order valence-electron chi connectivity index (χ1n) is 8.75. The van der Waals surface area contributed by atoms with Crippen molar-refractivity contribution in [3.05, 3.63) is 107 Å². The van der Waals surface area contributed by atoms with Crippen LogP contribution in [0.15, 0.2) is 90.2 Å². The Bertz CT molecular complexity index is 958. The molecule has 2 heterocycles. The number of hydrogen-bond acceptors (Lipinski definition) is 5. The summed E-state index contributed by atoms with van der Waals surface area (Å²) < 4.78 is 0. The number of para-hydroxylation sites is 1. The van der Waals surface area contributed by atoms with Crippen LogP contribution in [0.5, 0.6) is 0 Å². The van der Waals surface area contributed by atoms with E-state index >= 15 is 0 Å². The van der Waals surface area contributed by atoms with E-state index in [2.05, 4.69) is 27.1 Å². The number of ketones is 1. The lowest BCUT2D eigenvalue weighted by molar-refractivity contribution is 0.103. The summed E-state index contributed by atoms with van der Waals surface area (Å²) in [6.45, 7) is 0.628. The first-order valence-corrected chi connectivity index (χ1v) is 9.69. The molecule has 0 spiro atoms. The van der Waals surface area contributed by atoms with Crippen LogP contribution in [0.2, 0.25) is 0 Å². The number of hydrogen-bond donors (Lipinski definition) is 2. The van der Waals surface area contributed by atoms with Crippen LogP contribution < -0.4 is 10.6 Å². The van der Waals surface area contributed by atoms with E-state index in [4.69, 9.17) is 0 Å². The minimum absolute atomic E-state index is 0.0228. The van der Waals surface area contributed by atoms with E-state index in [0.29, 0.717) is 17.7 Å². The van der Waals surface area contributed by atoms with Crippen molar-refractivity contribution in [1.82, 2.24) is 10.3 Å². The second-order valence-electron chi connectivity index (χ2n) is 6.18. The smallest absolute Gasteiger partial charge is 0.195 e. The number of pyridine rings is 1. The highest BCUT2D eigenvalue weighted by Gasteiger charge is 2.19. The Morgan fingerprint density at radius 1 is 1.04 bits per heavy atom. The summed E-state index contributed by atoms with van der Waals surface area (Å²) in [7, 11) is 0. The molecule has 0 saturated heterocycles. The minimum Gasteiger partial charge on any atom is -0.379 e. The van der Waals surface area contributed by atoms with Crippen LogP contribution >= 0.6 is 11.8 Å². The second kappa shape index (κ2) is 8.10. The minimum atomic E-state index is 0.0228. The van der Waals surface area contributed by atoms with Crippen LogP contribution in [0.3, 0.4) is 0 Å². The van der Waals surface area contributed by atoms with Crippen molar-refractivity contribution in [2.45, 2.75) is 5.37 Å². The molecule has 0 aliphatic carbocycles. The molecule has 27 heavy (non-hydrogen) atoms.